The summed E-state index contributed by atoms with van der Waals surface area (Å²) in [6.45, 7) is 4.25. The van der Waals surface area contributed by atoms with Crippen molar-refractivity contribution in [1.82, 2.24) is 20.4 Å². The molecule has 0 bridgehead atoms. The second-order valence-electron chi connectivity index (χ2n) is 7.87. The smallest absolute Gasteiger partial charge is 0.324 e. The third-order valence-corrected chi connectivity index (χ3v) is 5.08. The Hall–Kier alpha value is -1.47. The van der Waals surface area contributed by atoms with E-state index in [4.69, 9.17) is 0 Å². The molecule has 0 aliphatic heterocycles. The molecule has 3 amide bonds. The second kappa shape index (κ2) is 12.8. The van der Waals surface area contributed by atoms with Gasteiger partial charge in [0, 0.05) is 39.0 Å². The Morgan fingerprint density at radius 2 is 2.00 bits per heavy atom. The maximum Gasteiger partial charge on any atom is 0.324 e. The Bertz CT molecular complexity index is 482. The summed E-state index contributed by atoms with van der Waals surface area (Å²) >= 11 is 0. The van der Waals surface area contributed by atoms with E-state index in [1.54, 1.807) is 0 Å². The Morgan fingerprint density at radius 3 is 2.59 bits per heavy atom. The molecule has 1 saturated carbocycles. The van der Waals surface area contributed by atoms with E-state index in [0.717, 1.165) is 32.2 Å². The average Bonchev–Trinajstić information content (AvgIpc) is 2.61. The molecule has 2 atom stereocenters. The van der Waals surface area contributed by atoms with Gasteiger partial charge in [-0.15, -0.1) is 0 Å². The summed E-state index contributed by atoms with van der Waals surface area (Å²) in [6.07, 6.45) is 5.51. The minimum Gasteiger partial charge on any atom is -0.336 e. The van der Waals surface area contributed by atoms with Crippen LogP contribution >= 0.6 is 0 Å². The number of urea groups is 1. The zero-order chi connectivity index (χ0) is 20.2. The highest BCUT2D eigenvalue weighted by atomic mass is 16.2. The van der Waals surface area contributed by atoms with Crippen LogP contribution in [0.25, 0.3) is 0 Å². The number of hydrogen-bond donors (Lipinski definition) is 2. The zero-order valence-corrected chi connectivity index (χ0v) is 17.6. The van der Waals surface area contributed by atoms with Crippen molar-refractivity contribution in [2.75, 3.05) is 47.3 Å². The predicted molar refractivity (Wildman–Crippen MR) is 108 cm³/mol. The van der Waals surface area contributed by atoms with Crippen LogP contribution in [0.1, 0.15) is 51.9 Å². The number of likely N-dealkylation sites (N-methyl/N-ethyl adjacent to an activating group) is 1. The minimum absolute atomic E-state index is 0.127. The van der Waals surface area contributed by atoms with Gasteiger partial charge in [0.15, 0.2) is 0 Å². The molecule has 27 heavy (non-hydrogen) atoms. The summed E-state index contributed by atoms with van der Waals surface area (Å²) in [7, 11) is 5.71. The first-order valence-electron chi connectivity index (χ1n) is 10.3. The lowest BCUT2D eigenvalue weighted by Crippen LogP contribution is -2.49. The molecule has 1 aliphatic rings. The van der Waals surface area contributed by atoms with Crippen molar-refractivity contribution in [2.45, 2.75) is 51.9 Å². The fraction of sp³-hybridized carbons (Fsp3) is 0.850. The molecule has 7 heteroatoms. The first-order valence-corrected chi connectivity index (χ1v) is 10.3. The number of Topliss-reactive ketones (excluding diaryl/α,β-unsaturated/α-hetero) is 1. The van der Waals surface area contributed by atoms with Crippen molar-refractivity contribution < 1.29 is 14.4 Å². The Balaban J connectivity index is 2.76. The van der Waals surface area contributed by atoms with Crippen molar-refractivity contribution >= 4 is 17.7 Å². The molecular weight excluding hydrogens is 344 g/mol. The second-order valence-corrected chi connectivity index (χ2v) is 7.87. The van der Waals surface area contributed by atoms with Crippen LogP contribution in [0.15, 0.2) is 0 Å². The molecule has 2 unspecified atom stereocenters. The molecule has 0 heterocycles. The summed E-state index contributed by atoms with van der Waals surface area (Å²) in [5.74, 6) is 0.144. The molecule has 2 N–H and O–H groups in total. The van der Waals surface area contributed by atoms with E-state index < -0.39 is 0 Å². The van der Waals surface area contributed by atoms with Gasteiger partial charge in [-0.25, -0.2) is 4.79 Å². The molecule has 0 saturated heterocycles. The number of ketones is 1. The van der Waals surface area contributed by atoms with E-state index in [0.29, 0.717) is 44.7 Å². The van der Waals surface area contributed by atoms with E-state index in [2.05, 4.69) is 10.6 Å². The quantitative estimate of drug-likeness (QED) is 0.570. The van der Waals surface area contributed by atoms with Crippen molar-refractivity contribution in [1.29, 1.82) is 0 Å². The fourth-order valence-electron chi connectivity index (χ4n) is 3.57. The number of imide groups is 1. The van der Waals surface area contributed by atoms with Crippen LogP contribution in [0.3, 0.4) is 0 Å². The fourth-order valence-corrected chi connectivity index (χ4v) is 3.57. The highest BCUT2D eigenvalue weighted by Crippen LogP contribution is 2.28. The predicted octanol–water partition coefficient (Wildman–Crippen LogP) is 1.87. The van der Waals surface area contributed by atoms with E-state index in [-0.39, 0.29) is 23.8 Å². The van der Waals surface area contributed by atoms with Gasteiger partial charge in [0.05, 0.1) is 5.92 Å². The Morgan fingerprint density at radius 1 is 1.26 bits per heavy atom. The van der Waals surface area contributed by atoms with Gasteiger partial charge in [-0.05, 0) is 52.7 Å². The number of unbranched alkanes of at least 4 members (excludes halogenated alkanes) is 1. The third-order valence-electron chi connectivity index (χ3n) is 5.08. The number of nitrogens with zero attached hydrogens (tertiary/aromatic N) is 2. The molecule has 1 aliphatic carbocycles. The third kappa shape index (κ3) is 8.84. The average molecular weight is 383 g/mol. The van der Waals surface area contributed by atoms with Crippen LogP contribution in [0, 0.1) is 11.8 Å². The molecular formula is C20H38N4O3. The number of nitrogens with one attached hydrogen (secondary N) is 2. The summed E-state index contributed by atoms with van der Waals surface area (Å²) in [5, 5.41) is 5.95. The summed E-state index contributed by atoms with van der Waals surface area (Å²) in [6, 6.07) is -0.309. The largest absolute Gasteiger partial charge is 0.336 e. The van der Waals surface area contributed by atoms with Gasteiger partial charge in [0.1, 0.15) is 5.78 Å². The normalized spacial score (nSPS) is 18.4. The van der Waals surface area contributed by atoms with E-state index in [1.165, 1.54) is 4.90 Å². The van der Waals surface area contributed by atoms with Gasteiger partial charge >= 0.3 is 6.03 Å². The van der Waals surface area contributed by atoms with Crippen molar-refractivity contribution in [3.8, 4) is 0 Å². The van der Waals surface area contributed by atoms with Crippen LogP contribution in [0.4, 0.5) is 4.79 Å². The molecule has 0 aromatic heterocycles. The van der Waals surface area contributed by atoms with Gasteiger partial charge in [0.2, 0.25) is 5.91 Å². The van der Waals surface area contributed by atoms with Crippen molar-refractivity contribution in [2.24, 2.45) is 11.8 Å². The standard InChI is InChI=1S/C20H38N4O3/c1-5-6-11-24(20(27)22-10-12-23(3)4)19(26)17(15-21-2)13-16-8-7-9-18(25)14-16/h16-17,21H,5-15H2,1-4H3,(H,22,27). The lowest BCUT2D eigenvalue weighted by molar-refractivity contribution is -0.133. The number of carbonyl (C=O) groups is 3. The van der Waals surface area contributed by atoms with Crippen molar-refractivity contribution in [3.63, 3.8) is 0 Å². The summed E-state index contributed by atoms with van der Waals surface area (Å²) in [5.41, 5.74) is 0. The van der Waals surface area contributed by atoms with Crippen molar-refractivity contribution in [3.05, 3.63) is 0 Å². The van der Waals surface area contributed by atoms with E-state index >= 15 is 0 Å². The summed E-state index contributed by atoms with van der Waals surface area (Å²) < 4.78 is 0. The number of carbonyl (C=O) groups excluding carboxylic acids is 3. The molecule has 0 radical (unpaired) electrons. The molecule has 1 rings (SSSR count). The Labute approximate surface area is 164 Å². The van der Waals surface area contributed by atoms with Gasteiger partial charge in [-0.3, -0.25) is 14.5 Å². The highest BCUT2D eigenvalue weighted by Gasteiger charge is 2.31. The number of amides is 3. The molecule has 0 aromatic rings. The van der Waals surface area contributed by atoms with Crippen LogP contribution < -0.4 is 10.6 Å². The first-order chi connectivity index (χ1) is 12.9. The maximum atomic E-state index is 13.2. The SMILES string of the molecule is CCCCN(C(=O)NCCN(C)C)C(=O)C(CNC)CC1CCCC(=O)C1. The molecule has 156 valence electrons. The summed E-state index contributed by atoms with van der Waals surface area (Å²) in [4.78, 5) is 40.9. The monoisotopic (exact) mass is 382 g/mol. The maximum absolute atomic E-state index is 13.2. The van der Waals surface area contributed by atoms with Crippen LogP contribution in [0.2, 0.25) is 0 Å². The van der Waals surface area contributed by atoms with Gasteiger partial charge in [0.25, 0.3) is 0 Å². The number of hydrogen-bond acceptors (Lipinski definition) is 5. The van der Waals surface area contributed by atoms with E-state index in [1.807, 2.05) is 33.0 Å². The lowest BCUT2D eigenvalue weighted by atomic mass is 9.81. The molecule has 0 spiro atoms. The zero-order valence-electron chi connectivity index (χ0n) is 17.6. The minimum atomic E-state index is -0.309. The van der Waals surface area contributed by atoms with Gasteiger partial charge < -0.3 is 15.5 Å². The lowest BCUT2D eigenvalue weighted by Gasteiger charge is -2.29. The number of rotatable bonds is 11. The van der Waals surface area contributed by atoms with Gasteiger partial charge in [-0.1, -0.05) is 13.3 Å². The van der Waals surface area contributed by atoms with Crippen LogP contribution in [-0.2, 0) is 9.59 Å². The molecule has 7 nitrogen and oxygen atoms in total. The van der Waals surface area contributed by atoms with Crippen LogP contribution in [-0.4, -0.2) is 74.8 Å². The Kier molecular flexibility index (Phi) is 11.2. The molecule has 0 aromatic carbocycles. The van der Waals surface area contributed by atoms with Crippen LogP contribution in [0.5, 0.6) is 0 Å². The molecule has 1 fully saturated rings. The first kappa shape index (κ1) is 23.6. The topological polar surface area (TPSA) is 81.8 Å². The van der Waals surface area contributed by atoms with Gasteiger partial charge in [-0.2, -0.15) is 0 Å². The van der Waals surface area contributed by atoms with E-state index in [9.17, 15) is 14.4 Å². The highest BCUT2D eigenvalue weighted by molar-refractivity contribution is 5.95.